The lowest BCUT2D eigenvalue weighted by Gasteiger charge is -2.17. The first kappa shape index (κ1) is 24.0. The second-order valence-corrected chi connectivity index (χ2v) is 6.59. The summed E-state index contributed by atoms with van der Waals surface area (Å²) in [5.41, 5.74) is 0.794. The van der Waals surface area contributed by atoms with Gasteiger partial charge in [0.1, 0.15) is 11.6 Å². The minimum absolute atomic E-state index is 0. The number of guanidine groups is 1. The molecule has 0 saturated heterocycles. The molecule has 2 aromatic carbocycles. The number of rotatable bonds is 7. The van der Waals surface area contributed by atoms with Gasteiger partial charge in [0.2, 0.25) is 5.75 Å². The quantitative estimate of drug-likeness (QED) is 0.311. The van der Waals surface area contributed by atoms with Crippen molar-refractivity contribution in [3.63, 3.8) is 0 Å². The third kappa shape index (κ3) is 5.24. The summed E-state index contributed by atoms with van der Waals surface area (Å²) in [5, 5.41) is 6.43. The van der Waals surface area contributed by atoms with E-state index < -0.39 is 11.6 Å². The zero-order valence-corrected chi connectivity index (χ0v) is 19.6. The van der Waals surface area contributed by atoms with Crippen LogP contribution >= 0.6 is 24.0 Å². The molecule has 2 unspecified atom stereocenters. The number of hydrogen-bond donors (Lipinski definition) is 2. The van der Waals surface area contributed by atoms with Crippen molar-refractivity contribution in [3.8, 4) is 17.2 Å². The van der Waals surface area contributed by atoms with Gasteiger partial charge in [-0.2, -0.15) is 0 Å². The molecule has 1 aliphatic rings. The summed E-state index contributed by atoms with van der Waals surface area (Å²) in [6.45, 7) is 2.44. The van der Waals surface area contributed by atoms with Crippen LogP contribution < -0.4 is 24.8 Å². The molecule has 0 aromatic heterocycles. The summed E-state index contributed by atoms with van der Waals surface area (Å²) in [7, 11) is 4.62. The second-order valence-electron chi connectivity index (χ2n) is 6.59. The molecule has 2 atom stereocenters. The van der Waals surface area contributed by atoms with Gasteiger partial charge in [-0.25, -0.2) is 8.78 Å². The summed E-state index contributed by atoms with van der Waals surface area (Å²) >= 11 is 0. The monoisotopic (exact) mass is 533 g/mol. The highest BCUT2D eigenvalue weighted by Crippen LogP contribution is 2.43. The first-order chi connectivity index (χ1) is 14.0. The molecule has 1 aliphatic carbocycles. The Balaban J connectivity index is 0.00000320. The molecule has 3 rings (SSSR count). The van der Waals surface area contributed by atoms with Gasteiger partial charge in [0.15, 0.2) is 17.5 Å². The number of methoxy groups -OCH3 is 3. The molecule has 0 aliphatic heterocycles. The van der Waals surface area contributed by atoms with Gasteiger partial charge in [-0.15, -0.1) is 24.0 Å². The molecule has 0 heterocycles. The van der Waals surface area contributed by atoms with Crippen molar-refractivity contribution in [2.75, 3.05) is 33.2 Å². The number of aliphatic imine (C=N–C) groups is 1. The maximum atomic E-state index is 14.0. The standard InChI is InChI=1S/C21H25F2N3O3.HI/c1-5-24-21(25-12-9-17(27-2)20(29-4)18(10-12)28-3)26-16-11-13(16)19-14(22)7-6-8-15(19)23;/h6-10,13,16H,5,11H2,1-4H3,(H2,24,25,26);1H. The summed E-state index contributed by atoms with van der Waals surface area (Å²) in [6, 6.07) is 7.34. The van der Waals surface area contributed by atoms with Crippen molar-refractivity contribution in [2.24, 2.45) is 4.99 Å². The van der Waals surface area contributed by atoms with E-state index in [9.17, 15) is 8.78 Å². The van der Waals surface area contributed by atoms with Gasteiger partial charge >= 0.3 is 0 Å². The van der Waals surface area contributed by atoms with Crippen LogP contribution in [0.15, 0.2) is 35.3 Å². The maximum absolute atomic E-state index is 14.0. The topological polar surface area (TPSA) is 64.1 Å². The lowest BCUT2D eigenvalue weighted by molar-refractivity contribution is 0.324. The molecule has 164 valence electrons. The molecule has 0 amide bonds. The fraction of sp³-hybridized carbons (Fsp3) is 0.381. The largest absolute Gasteiger partial charge is 0.493 e. The minimum Gasteiger partial charge on any atom is -0.493 e. The van der Waals surface area contributed by atoms with Crippen molar-refractivity contribution in [1.29, 1.82) is 0 Å². The third-order valence-corrected chi connectivity index (χ3v) is 4.73. The van der Waals surface area contributed by atoms with Gasteiger partial charge in [-0.05, 0) is 25.5 Å². The Labute approximate surface area is 192 Å². The Morgan fingerprint density at radius 1 is 1.07 bits per heavy atom. The molecule has 2 N–H and O–H groups in total. The van der Waals surface area contributed by atoms with E-state index in [2.05, 4.69) is 15.6 Å². The first-order valence-corrected chi connectivity index (χ1v) is 9.34. The van der Waals surface area contributed by atoms with E-state index in [0.717, 1.165) is 0 Å². The highest BCUT2D eigenvalue weighted by Gasteiger charge is 2.42. The number of anilines is 1. The summed E-state index contributed by atoms with van der Waals surface area (Å²) in [5.74, 6) is 0.716. The molecular weight excluding hydrogens is 507 g/mol. The molecule has 0 radical (unpaired) electrons. The van der Waals surface area contributed by atoms with Gasteiger partial charge in [-0.3, -0.25) is 4.99 Å². The fourth-order valence-electron chi connectivity index (χ4n) is 3.28. The van der Waals surface area contributed by atoms with Crippen LogP contribution in [0.25, 0.3) is 0 Å². The predicted molar refractivity (Wildman–Crippen MR) is 124 cm³/mol. The lowest BCUT2D eigenvalue weighted by atomic mass is 10.1. The smallest absolute Gasteiger partial charge is 0.203 e. The molecule has 6 nitrogen and oxygen atoms in total. The number of nitrogens with zero attached hydrogens (tertiary/aromatic N) is 1. The van der Waals surface area contributed by atoms with E-state index in [1.807, 2.05) is 6.92 Å². The molecular formula is C21H26F2IN3O3. The number of halogens is 3. The number of nitrogens with one attached hydrogen (secondary N) is 2. The summed E-state index contributed by atoms with van der Waals surface area (Å²) in [6.07, 6.45) is 0.623. The number of benzene rings is 2. The average molecular weight is 533 g/mol. The van der Waals surface area contributed by atoms with E-state index in [1.165, 1.54) is 39.5 Å². The van der Waals surface area contributed by atoms with Crippen LogP contribution in [0.4, 0.5) is 14.5 Å². The Hall–Kier alpha value is -2.30. The molecule has 0 spiro atoms. The fourth-order valence-corrected chi connectivity index (χ4v) is 3.28. The Bertz CT molecular complexity index is 866. The molecule has 0 bridgehead atoms. The van der Waals surface area contributed by atoms with Gasteiger partial charge < -0.3 is 24.8 Å². The zero-order valence-electron chi connectivity index (χ0n) is 17.3. The highest BCUT2D eigenvalue weighted by atomic mass is 127. The Morgan fingerprint density at radius 3 is 2.17 bits per heavy atom. The van der Waals surface area contributed by atoms with E-state index in [1.54, 1.807) is 12.1 Å². The van der Waals surface area contributed by atoms with Crippen LogP contribution in [-0.2, 0) is 0 Å². The van der Waals surface area contributed by atoms with E-state index in [0.29, 0.717) is 41.9 Å². The normalized spacial score (nSPS) is 17.6. The zero-order chi connectivity index (χ0) is 21.0. The van der Waals surface area contributed by atoms with Crippen molar-refractivity contribution in [2.45, 2.75) is 25.3 Å². The molecule has 1 fully saturated rings. The van der Waals surface area contributed by atoms with E-state index in [4.69, 9.17) is 14.2 Å². The minimum atomic E-state index is -0.522. The molecule has 2 aromatic rings. The van der Waals surface area contributed by atoms with Gasteiger partial charge in [0, 0.05) is 41.9 Å². The van der Waals surface area contributed by atoms with Crippen molar-refractivity contribution in [3.05, 3.63) is 47.5 Å². The maximum Gasteiger partial charge on any atom is 0.203 e. The van der Waals surface area contributed by atoms with Gasteiger partial charge in [0.25, 0.3) is 0 Å². The molecule has 30 heavy (non-hydrogen) atoms. The molecule has 9 heteroatoms. The SMILES string of the molecule is CCN=C(Nc1cc(OC)c(OC)c(OC)c1)NC1CC1c1c(F)cccc1F.I. The van der Waals surface area contributed by atoms with Crippen LogP contribution in [0, 0.1) is 11.6 Å². The van der Waals surface area contributed by atoms with Crippen LogP contribution in [0.2, 0.25) is 0 Å². The number of ether oxygens (including phenoxy) is 3. The number of hydrogen-bond acceptors (Lipinski definition) is 4. The summed E-state index contributed by atoms with van der Waals surface area (Å²) in [4.78, 5) is 4.42. The van der Waals surface area contributed by atoms with Crippen molar-refractivity contribution < 1.29 is 23.0 Å². The van der Waals surface area contributed by atoms with Crippen molar-refractivity contribution in [1.82, 2.24) is 5.32 Å². The van der Waals surface area contributed by atoms with Crippen LogP contribution in [0.3, 0.4) is 0 Å². The Morgan fingerprint density at radius 2 is 1.67 bits per heavy atom. The predicted octanol–water partition coefficient (Wildman–Crippen LogP) is 4.54. The van der Waals surface area contributed by atoms with Crippen LogP contribution in [0.5, 0.6) is 17.2 Å². The van der Waals surface area contributed by atoms with Crippen LogP contribution in [0.1, 0.15) is 24.8 Å². The van der Waals surface area contributed by atoms with Gasteiger partial charge in [0.05, 0.1) is 21.3 Å². The summed E-state index contributed by atoms with van der Waals surface area (Å²) < 4.78 is 44.1. The average Bonchev–Trinajstić information content (AvgIpc) is 3.45. The van der Waals surface area contributed by atoms with Crippen molar-refractivity contribution >= 4 is 35.6 Å². The van der Waals surface area contributed by atoms with E-state index in [-0.39, 0.29) is 41.5 Å². The second kappa shape index (κ2) is 10.6. The van der Waals surface area contributed by atoms with E-state index >= 15 is 0 Å². The van der Waals surface area contributed by atoms with Crippen LogP contribution in [-0.4, -0.2) is 39.9 Å². The highest BCUT2D eigenvalue weighted by molar-refractivity contribution is 14.0. The van der Waals surface area contributed by atoms with Gasteiger partial charge in [-0.1, -0.05) is 6.07 Å². The lowest BCUT2D eigenvalue weighted by Crippen LogP contribution is -2.33. The Kier molecular flexibility index (Phi) is 8.51. The molecule has 1 saturated carbocycles. The third-order valence-electron chi connectivity index (χ3n) is 4.73. The first-order valence-electron chi connectivity index (χ1n) is 9.34.